The second-order valence-electron chi connectivity index (χ2n) is 3.91. The number of anilines is 2. The molecule has 1 aromatic rings. The lowest BCUT2D eigenvalue weighted by molar-refractivity contribution is 0.0303. The maximum Gasteiger partial charge on any atom is 0.254 e. The highest BCUT2D eigenvalue weighted by atomic mass is 16.5. The average molecular weight is 237 g/mol. The van der Waals surface area contributed by atoms with Gasteiger partial charge in [-0.05, 0) is 12.1 Å². The molecule has 0 bridgehead atoms. The number of phenols is 1. The molecule has 2 rings (SSSR count). The van der Waals surface area contributed by atoms with Crippen LogP contribution in [0, 0.1) is 0 Å². The van der Waals surface area contributed by atoms with Crippen molar-refractivity contribution >= 4 is 17.3 Å². The molecule has 1 aromatic carbocycles. The zero-order valence-electron chi connectivity index (χ0n) is 9.35. The van der Waals surface area contributed by atoms with Gasteiger partial charge in [0.25, 0.3) is 5.91 Å². The number of rotatable bonds is 1. The van der Waals surface area contributed by atoms with Gasteiger partial charge in [0, 0.05) is 18.7 Å². The number of aromatic hydroxyl groups is 1. The van der Waals surface area contributed by atoms with Crippen LogP contribution in [-0.2, 0) is 4.74 Å². The van der Waals surface area contributed by atoms with E-state index in [1.54, 1.807) is 4.90 Å². The van der Waals surface area contributed by atoms with E-state index in [0.29, 0.717) is 31.9 Å². The molecule has 0 unspecified atom stereocenters. The number of carbonyl (C=O) groups excluding carboxylic acids is 1. The van der Waals surface area contributed by atoms with E-state index in [9.17, 15) is 9.90 Å². The first-order chi connectivity index (χ1) is 8.09. The van der Waals surface area contributed by atoms with Gasteiger partial charge in [0.2, 0.25) is 0 Å². The van der Waals surface area contributed by atoms with Gasteiger partial charge in [0.15, 0.2) is 5.75 Å². The fourth-order valence-corrected chi connectivity index (χ4v) is 1.75. The van der Waals surface area contributed by atoms with E-state index in [1.165, 1.54) is 12.1 Å². The average Bonchev–Trinajstić information content (AvgIpc) is 2.35. The Bertz CT molecular complexity index is 419. The number of nitrogens with zero attached hydrogens (tertiary/aromatic N) is 1. The monoisotopic (exact) mass is 237 g/mol. The molecule has 17 heavy (non-hydrogen) atoms. The van der Waals surface area contributed by atoms with Crippen LogP contribution in [0.25, 0.3) is 0 Å². The second kappa shape index (κ2) is 4.50. The number of amides is 1. The predicted octanol–water partition coefficient (Wildman–Crippen LogP) is 0.0290. The molecule has 1 aliphatic heterocycles. The first kappa shape index (κ1) is 11.5. The van der Waals surface area contributed by atoms with E-state index in [1.807, 2.05) is 0 Å². The van der Waals surface area contributed by atoms with Gasteiger partial charge in [-0.2, -0.15) is 0 Å². The van der Waals surface area contributed by atoms with Crippen LogP contribution in [0.4, 0.5) is 11.4 Å². The Morgan fingerprint density at radius 1 is 1.24 bits per heavy atom. The Morgan fingerprint density at radius 3 is 2.29 bits per heavy atom. The largest absolute Gasteiger partial charge is 0.504 e. The fourth-order valence-electron chi connectivity index (χ4n) is 1.75. The smallest absolute Gasteiger partial charge is 0.254 e. The van der Waals surface area contributed by atoms with Crippen molar-refractivity contribution in [3.8, 4) is 5.75 Å². The Labute approximate surface area is 98.8 Å². The number of nitrogen functional groups attached to an aromatic ring is 2. The molecule has 92 valence electrons. The highest BCUT2D eigenvalue weighted by Gasteiger charge is 2.20. The Morgan fingerprint density at radius 2 is 1.76 bits per heavy atom. The van der Waals surface area contributed by atoms with Gasteiger partial charge in [-0.25, -0.2) is 0 Å². The molecule has 6 nitrogen and oxygen atoms in total. The lowest BCUT2D eigenvalue weighted by atomic mass is 10.1. The van der Waals surface area contributed by atoms with Crippen molar-refractivity contribution in [2.75, 3.05) is 37.8 Å². The molecular formula is C11H15N3O3. The minimum Gasteiger partial charge on any atom is -0.504 e. The van der Waals surface area contributed by atoms with Crippen LogP contribution in [0.5, 0.6) is 5.75 Å². The fraction of sp³-hybridized carbons (Fsp3) is 0.364. The van der Waals surface area contributed by atoms with Crippen LogP contribution in [0.2, 0.25) is 0 Å². The number of benzene rings is 1. The Balaban J connectivity index is 2.24. The second-order valence-corrected chi connectivity index (χ2v) is 3.91. The summed E-state index contributed by atoms with van der Waals surface area (Å²) in [6.07, 6.45) is 0. The van der Waals surface area contributed by atoms with Crippen molar-refractivity contribution < 1.29 is 14.6 Å². The number of nitrogens with two attached hydrogens (primary N) is 2. The number of carbonyl (C=O) groups is 1. The number of hydrogen-bond acceptors (Lipinski definition) is 5. The molecule has 0 atom stereocenters. The van der Waals surface area contributed by atoms with Crippen LogP contribution in [-0.4, -0.2) is 42.2 Å². The molecule has 0 spiro atoms. The highest BCUT2D eigenvalue weighted by Crippen LogP contribution is 2.29. The van der Waals surface area contributed by atoms with Crippen LogP contribution in [0.1, 0.15) is 10.4 Å². The summed E-state index contributed by atoms with van der Waals surface area (Å²) in [4.78, 5) is 13.8. The first-order valence-electron chi connectivity index (χ1n) is 5.34. The topological polar surface area (TPSA) is 102 Å². The summed E-state index contributed by atoms with van der Waals surface area (Å²) >= 11 is 0. The summed E-state index contributed by atoms with van der Waals surface area (Å²) in [6.45, 7) is 2.18. The number of phenolic OH excluding ortho intramolecular Hbond substituents is 1. The minimum atomic E-state index is -0.177. The summed E-state index contributed by atoms with van der Waals surface area (Å²) in [7, 11) is 0. The molecule has 1 fully saturated rings. The Hall–Kier alpha value is -1.95. The van der Waals surface area contributed by atoms with Crippen LogP contribution in [0.3, 0.4) is 0 Å². The van der Waals surface area contributed by atoms with Crippen molar-refractivity contribution in [1.29, 1.82) is 0 Å². The van der Waals surface area contributed by atoms with E-state index in [4.69, 9.17) is 16.2 Å². The molecule has 0 radical (unpaired) electrons. The quantitative estimate of drug-likeness (QED) is 0.472. The Kier molecular flexibility index (Phi) is 3.06. The molecule has 5 N–H and O–H groups in total. The zero-order valence-corrected chi connectivity index (χ0v) is 9.35. The standard InChI is InChI=1S/C11H15N3O3/c12-8-5-7(6-9(13)10(8)15)11(16)14-1-3-17-4-2-14/h5-6,15H,1-4,12-13H2. The lowest BCUT2D eigenvalue weighted by Gasteiger charge is -2.27. The summed E-state index contributed by atoms with van der Waals surface area (Å²) in [5.41, 5.74) is 11.7. The first-order valence-corrected chi connectivity index (χ1v) is 5.34. The van der Waals surface area contributed by atoms with Gasteiger partial charge < -0.3 is 26.2 Å². The van der Waals surface area contributed by atoms with Crippen LogP contribution in [0.15, 0.2) is 12.1 Å². The molecule has 1 aliphatic rings. The van der Waals surface area contributed by atoms with E-state index >= 15 is 0 Å². The molecule has 0 aliphatic carbocycles. The molecule has 0 aromatic heterocycles. The highest BCUT2D eigenvalue weighted by molar-refractivity contribution is 5.97. The molecule has 1 saturated heterocycles. The van der Waals surface area contributed by atoms with Crippen molar-refractivity contribution in [2.24, 2.45) is 0 Å². The normalized spacial score (nSPS) is 15.9. The van der Waals surface area contributed by atoms with Crippen molar-refractivity contribution in [1.82, 2.24) is 4.90 Å². The molecule has 6 heteroatoms. The summed E-state index contributed by atoms with van der Waals surface area (Å²) in [6, 6.07) is 2.87. The summed E-state index contributed by atoms with van der Waals surface area (Å²) < 4.78 is 5.17. The maximum atomic E-state index is 12.1. The number of hydrogen-bond donors (Lipinski definition) is 3. The zero-order chi connectivity index (χ0) is 12.4. The van der Waals surface area contributed by atoms with Crippen LogP contribution < -0.4 is 11.5 Å². The van der Waals surface area contributed by atoms with Crippen molar-refractivity contribution in [3.63, 3.8) is 0 Å². The third-order valence-electron chi connectivity index (χ3n) is 2.71. The van der Waals surface area contributed by atoms with Gasteiger partial charge in [0.1, 0.15) is 0 Å². The van der Waals surface area contributed by atoms with Gasteiger partial charge in [-0.15, -0.1) is 0 Å². The molecule has 0 saturated carbocycles. The molecule has 1 heterocycles. The minimum absolute atomic E-state index is 0.113. The van der Waals surface area contributed by atoms with Gasteiger partial charge in [-0.1, -0.05) is 0 Å². The van der Waals surface area contributed by atoms with Gasteiger partial charge in [-0.3, -0.25) is 4.79 Å². The SMILES string of the molecule is Nc1cc(C(=O)N2CCOCC2)cc(N)c1O. The summed E-state index contributed by atoms with van der Waals surface area (Å²) in [5, 5.41) is 9.43. The van der Waals surface area contributed by atoms with E-state index < -0.39 is 0 Å². The van der Waals surface area contributed by atoms with Crippen molar-refractivity contribution in [2.45, 2.75) is 0 Å². The third kappa shape index (κ3) is 2.26. The van der Waals surface area contributed by atoms with E-state index in [-0.39, 0.29) is 23.0 Å². The number of ether oxygens (including phenoxy) is 1. The third-order valence-corrected chi connectivity index (χ3v) is 2.71. The van der Waals surface area contributed by atoms with Gasteiger partial charge in [0.05, 0.1) is 24.6 Å². The van der Waals surface area contributed by atoms with Gasteiger partial charge >= 0.3 is 0 Å². The van der Waals surface area contributed by atoms with E-state index in [2.05, 4.69) is 0 Å². The van der Waals surface area contributed by atoms with Crippen LogP contribution >= 0.6 is 0 Å². The number of morpholine rings is 1. The lowest BCUT2D eigenvalue weighted by Crippen LogP contribution is -2.40. The maximum absolute atomic E-state index is 12.1. The van der Waals surface area contributed by atoms with Crippen molar-refractivity contribution in [3.05, 3.63) is 17.7 Å². The molecular weight excluding hydrogens is 222 g/mol. The predicted molar refractivity (Wildman–Crippen MR) is 63.7 cm³/mol. The van der Waals surface area contributed by atoms with E-state index in [0.717, 1.165) is 0 Å². The molecule has 1 amide bonds. The summed E-state index contributed by atoms with van der Waals surface area (Å²) in [5.74, 6) is -0.324.